The van der Waals surface area contributed by atoms with Crippen molar-refractivity contribution in [1.29, 1.82) is 0 Å². The zero-order valence-corrected chi connectivity index (χ0v) is 13.3. The second-order valence-electron chi connectivity index (χ2n) is 5.65. The second kappa shape index (κ2) is 7.50. The first-order valence-electron chi connectivity index (χ1n) is 7.06. The number of aliphatic hydroxyl groups excluding tert-OH is 1. The SMILES string of the molecule is COc1ccc(C(O)C(NC(C)C)C(C)C)cc1OC. The lowest BCUT2D eigenvalue weighted by molar-refractivity contribution is 0.1000. The minimum Gasteiger partial charge on any atom is -0.493 e. The Bertz CT molecular complexity index is 418. The van der Waals surface area contributed by atoms with Crippen molar-refractivity contribution in [3.63, 3.8) is 0 Å². The highest BCUT2D eigenvalue weighted by Gasteiger charge is 2.25. The molecule has 0 saturated carbocycles. The van der Waals surface area contributed by atoms with E-state index in [0.29, 0.717) is 23.5 Å². The third-order valence-electron chi connectivity index (χ3n) is 3.33. The molecule has 1 aromatic carbocycles. The molecule has 0 aliphatic heterocycles. The van der Waals surface area contributed by atoms with Crippen LogP contribution in [-0.4, -0.2) is 31.4 Å². The van der Waals surface area contributed by atoms with E-state index in [9.17, 15) is 5.11 Å². The van der Waals surface area contributed by atoms with Gasteiger partial charge in [-0.2, -0.15) is 0 Å². The zero-order valence-electron chi connectivity index (χ0n) is 13.3. The topological polar surface area (TPSA) is 50.7 Å². The Morgan fingerprint density at radius 2 is 1.60 bits per heavy atom. The van der Waals surface area contributed by atoms with Crippen LogP contribution in [0, 0.1) is 5.92 Å². The van der Waals surface area contributed by atoms with Gasteiger partial charge in [0, 0.05) is 12.1 Å². The molecular formula is C16H27NO3. The Morgan fingerprint density at radius 3 is 2.05 bits per heavy atom. The van der Waals surface area contributed by atoms with Gasteiger partial charge in [0.2, 0.25) is 0 Å². The minimum absolute atomic E-state index is 0.00639. The maximum absolute atomic E-state index is 10.6. The predicted molar refractivity (Wildman–Crippen MR) is 81.4 cm³/mol. The van der Waals surface area contributed by atoms with Crippen molar-refractivity contribution in [2.24, 2.45) is 5.92 Å². The van der Waals surface area contributed by atoms with Gasteiger partial charge in [0.25, 0.3) is 0 Å². The molecule has 20 heavy (non-hydrogen) atoms. The van der Waals surface area contributed by atoms with E-state index >= 15 is 0 Å². The summed E-state index contributed by atoms with van der Waals surface area (Å²) >= 11 is 0. The van der Waals surface area contributed by atoms with Crippen LogP contribution in [-0.2, 0) is 0 Å². The third kappa shape index (κ3) is 4.12. The number of rotatable bonds is 7. The Morgan fingerprint density at radius 1 is 1.00 bits per heavy atom. The van der Waals surface area contributed by atoms with Crippen molar-refractivity contribution in [2.45, 2.75) is 45.9 Å². The molecule has 1 aromatic rings. The van der Waals surface area contributed by atoms with Gasteiger partial charge in [0.05, 0.1) is 20.3 Å². The molecule has 0 spiro atoms. The molecule has 0 aliphatic rings. The second-order valence-corrected chi connectivity index (χ2v) is 5.65. The number of hydrogen-bond donors (Lipinski definition) is 2. The first-order chi connectivity index (χ1) is 9.40. The maximum atomic E-state index is 10.6. The van der Waals surface area contributed by atoms with Gasteiger partial charge in [-0.15, -0.1) is 0 Å². The van der Waals surface area contributed by atoms with E-state index in [1.54, 1.807) is 14.2 Å². The Balaban J connectivity index is 3.02. The van der Waals surface area contributed by atoms with Crippen molar-refractivity contribution in [2.75, 3.05) is 14.2 Å². The molecule has 114 valence electrons. The summed E-state index contributed by atoms with van der Waals surface area (Å²) in [6.07, 6.45) is -0.586. The normalized spacial score (nSPS) is 14.4. The van der Waals surface area contributed by atoms with Crippen LogP contribution in [0.3, 0.4) is 0 Å². The first kappa shape index (κ1) is 16.8. The number of methoxy groups -OCH3 is 2. The van der Waals surface area contributed by atoms with E-state index in [0.717, 1.165) is 5.56 Å². The fourth-order valence-corrected chi connectivity index (χ4v) is 2.28. The molecular weight excluding hydrogens is 254 g/mol. The molecule has 0 aromatic heterocycles. The smallest absolute Gasteiger partial charge is 0.161 e. The summed E-state index contributed by atoms with van der Waals surface area (Å²) in [5.41, 5.74) is 0.828. The van der Waals surface area contributed by atoms with Gasteiger partial charge >= 0.3 is 0 Å². The summed E-state index contributed by atoms with van der Waals surface area (Å²) in [6, 6.07) is 5.85. The molecule has 4 heteroatoms. The summed E-state index contributed by atoms with van der Waals surface area (Å²) in [4.78, 5) is 0. The molecule has 4 nitrogen and oxygen atoms in total. The Kier molecular flexibility index (Phi) is 6.30. The van der Waals surface area contributed by atoms with E-state index in [1.807, 2.05) is 18.2 Å². The van der Waals surface area contributed by atoms with Gasteiger partial charge in [-0.05, 0) is 23.6 Å². The van der Waals surface area contributed by atoms with E-state index in [2.05, 4.69) is 33.0 Å². The summed E-state index contributed by atoms with van der Waals surface area (Å²) in [5.74, 6) is 1.62. The van der Waals surface area contributed by atoms with Gasteiger partial charge in [-0.3, -0.25) is 0 Å². The highest BCUT2D eigenvalue weighted by Crippen LogP contribution is 2.32. The van der Waals surface area contributed by atoms with E-state index in [4.69, 9.17) is 9.47 Å². The highest BCUT2D eigenvalue weighted by molar-refractivity contribution is 5.43. The molecule has 0 fully saturated rings. The van der Waals surface area contributed by atoms with Crippen molar-refractivity contribution in [1.82, 2.24) is 5.32 Å². The number of hydrogen-bond acceptors (Lipinski definition) is 4. The number of ether oxygens (including phenoxy) is 2. The van der Waals surface area contributed by atoms with Crippen molar-refractivity contribution < 1.29 is 14.6 Å². The van der Waals surface area contributed by atoms with Crippen LogP contribution in [0.15, 0.2) is 18.2 Å². The standard InChI is InChI=1S/C16H27NO3/c1-10(2)15(17-11(3)4)16(18)12-7-8-13(19-5)14(9-12)20-6/h7-11,15-18H,1-6H3. The largest absolute Gasteiger partial charge is 0.493 e. The van der Waals surface area contributed by atoms with Gasteiger partial charge < -0.3 is 19.9 Å². The fourth-order valence-electron chi connectivity index (χ4n) is 2.28. The molecule has 1 rings (SSSR count). The predicted octanol–water partition coefficient (Wildman–Crippen LogP) is 2.76. The van der Waals surface area contributed by atoms with Crippen LogP contribution < -0.4 is 14.8 Å². The summed E-state index contributed by atoms with van der Waals surface area (Å²) < 4.78 is 10.5. The molecule has 0 aliphatic carbocycles. The summed E-state index contributed by atoms with van der Waals surface area (Å²) in [5, 5.41) is 14.0. The van der Waals surface area contributed by atoms with Gasteiger partial charge in [-0.1, -0.05) is 33.8 Å². The molecule has 2 unspecified atom stereocenters. The van der Waals surface area contributed by atoms with E-state index in [-0.39, 0.29) is 6.04 Å². The average molecular weight is 281 g/mol. The van der Waals surface area contributed by atoms with Gasteiger partial charge in [0.1, 0.15) is 0 Å². The van der Waals surface area contributed by atoms with Crippen molar-refractivity contribution in [3.05, 3.63) is 23.8 Å². The lowest BCUT2D eigenvalue weighted by Crippen LogP contribution is -2.43. The average Bonchev–Trinajstić information content (AvgIpc) is 2.42. The fraction of sp³-hybridized carbons (Fsp3) is 0.625. The summed E-state index contributed by atoms with van der Waals surface area (Å²) in [6.45, 7) is 8.36. The number of nitrogens with one attached hydrogen (secondary N) is 1. The molecule has 0 saturated heterocycles. The molecule has 2 atom stereocenters. The van der Waals surface area contributed by atoms with Crippen molar-refractivity contribution in [3.8, 4) is 11.5 Å². The molecule has 2 N–H and O–H groups in total. The van der Waals surface area contributed by atoms with E-state index < -0.39 is 6.10 Å². The lowest BCUT2D eigenvalue weighted by Gasteiger charge is -2.30. The van der Waals surface area contributed by atoms with Crippen LogP contribution in [0.25, 0.3) is 0 Å². The maximum Gasteiger partial charge on any atom is 0.161 e. The Hall–Kier alpha value is -1.26. The summed E-state index contributed by atoms with van der Waals surface area (Å²) in [7, 11) is 3.20. The Labute approximate surface area is 122 Å². The minimum atomic E-state index is -0.586. The zero-order chi connectivity index (χ0) is 15.3. The molecule has 0 heterocycles. The van der Waals surface area contributed by atoms with E-state index in [1.165, 1.54) is 0 Å². The number of benzene rings is 1. The first-order valence-corrected chi connectivity index (χ1v) is 7.06. The molecule has 0 amide bonds. The van der Waals surface area contributed by atoms with Gasteiger partial charge in [-0.25, -0.2) is 0 Å². The van der Waals surface area contributed by atoms with Crippen molar-refractivity contribution >= 4 is 0 Å². The molecule has 0 radical (unpaired) electrons. The van der Waals surface area contributed by atoms with Crippen LogP contribution in [0.1, 0.15) is 39.4 Å². The molecule has 0 bridgehead atoms. The monoisotopic (exact) mass is 281 g/mol. The van der Waals surface area contributed by atoms with Crippen LogP contribution in [0.4, 0.5) is 0 Å². The lowest BCUT2D eigenvalue weighted by atomic mass is 9.92. The van der Waals surface area contributed by atoms with Crippen LogP contribution in [0.5, 0.6) is 11.5 Å². The van der Waals surface area contributed by atoms with Crippen LogP contribution in [0.2, 0.25) is 0 Å². The number of aliphatic hydroxyl groups is 1. The quantitative estimate of drug-likeness (QED) is 0.807. The highest BCUT2D eigenvalue weighted by atomic mass is 16.5. The van der Waals surface area contributed by atoms with Crippen LogP contribution >= 0.6 is 0 Å². The van der Waals surface area contributed by atoms with Gasteiger partial charge in [0.15, 0.2) is 11.5 Å². The third-order valence-corrected chi connectivity index (χ3v) is 3.33.